The molecule has 0 aliphatic carbocycles. The summed E-state index contributed by atoms with van der Waals surface area (Å²) in [4.78, 5) is 21.1. The van der Waals surface area contributed by atoms with Crippen LogP contribution in [0, 0.1) is 5.92 Å². The van der Waals surface area contributed by atoms with E-state index in [2.05, 4.69) is 15.3 Å². The third-order valence-electron chi connectivity index (χ3n) is 4.62. The van der Waals surface area contributed by atoms with Crippen LogP contribution in [0.5, 0.6) is 11.5 Å². The van der Waals surface area contributed by atoms with E-state index in [0.717, 1.165) is 22.7 Å². The largest absolute Gasteiger partial charge is 0.493 e. The van der Waals surface area contributed by atoms with Crippen LogP contribution in [-0.4, -0.2) is 34.2 Å². The zero-order valence-corrected chi connectivity index (χ0v) is 15.0. The lowest BCUT2D eigenvalue weighted by Crippen LogP contribution is -2.37. The summed E-state index contributed by atoms with van der Waals surface area (Å²) in [5.74, 6) is 1.91. The van der Waals surface area contributed by atoms with Crippen LogP contribution >= 0.6 is 0 Å². The maximum atomic E-state index is 12.7. The lowest BCUT2D eigenvalue weighted by Gasteiger charge is -2.26. The average Bonchev–Trinajstić information content (AvgIpc) is 3.26. The topological polar surface area (TPSA) is 78.3 Å². The van der Waals surface area contributed by atoms with Gasteiger partial charge in [-0.25, -0.2) is 9.97 Å². The quantitative estimate of drug-likeness (QED) is 0.750. The fourth-order valence-corrected chi connectivity index (χ4v) is 3.24. The second kappa shape index (κ2) is 7.49. The fourth-order valence-electron chi connectivity index (χ4n) is 3.24. The molecule has 0 saturated carbocycles. The molecule has 3 heterocycles. The number of amides is 1. The van der Waals surface area contributed by atoms with Crippen LogP contribution in [0.15, 0.2) is 55.2 Å². The van der Waals surface area contributed by atoms with Gasteiger partial charge in [0.05, 0.1) is 13.0 Å². The Morgan fingerprint density at radius 3 is 3.07 bits per heavy atom. The standard InChI is InChI=1S/C20H20N4O3/c1-26-17-6-2-4-14-10-16(12-27-18(14)17)20(25)23-11-15-5-3-7-22-19(15)24-9-8-21-13-24/h2-9,13,16H,10-12H2,1H3,(H,23,25)/t16-/m0/s1. The van der Waals surface area contributed by atoms with Gasteiger partial charge in [0.25, 0.3) is 0 Å². The molecule has 1 atom stereocenters. The summed E-state index contributed by atoms with van der Waals surface area (Å²) < 4.78 is 13.0. The second-order valence-electron chi connectivity index (χ2n) is 6.33. The molecule has 7 nitrogen and oxygen atoms in total. The van der Waals surface area contributed by atoms with Crippen LogP contribution in [-0.2, 0) is 17.8 Å². The maximum Gasteiger partial charge on any atom is 0.227 e. The summed E-state index contributed by atoms with van der Waals surface area (Å²) in [6, 6.07) is 9.54. The Hall–Kier alpha value is -3.35. The summed E-state index contributed by atoms with van der Waals surface area (Å²) in [7, 11) is 1.61. The van der Waals surface area contributed by atoms with E-state index in [9.17, 15) is 4.79 Å². The van der Waals surface area contributed by atoms with Crippen LogP contribution in [0.25, 0.3) is 5.82 Å². The molecule has 0 fully saturated rings. The summed E-state index contributed by atoms with van der Waals surface area (Å²) in [5.41, 5.74) is 1.91. The van der Waals surface area contributed by atoms with Gasteiger partial charge >= 0.3 is 0 Å². The van der Waals surface area contributed by atoms with E-state index < -0.39 is 0 Å². The van der Waals surface area contributed by atoms with Crippen molar-refractivity contribution in [1.29, 1.82) is 0 Å². The molecular weight excluding hydrogens is 344 g/mol. The number of imidazole rings is 1. The SMILES string of the molecule is COc1cccc2c1OC[C@@H](C(=O)NCc1cccnc1-n1ccnc1)C2. The first-order valence-corrected chi connectivity index (χ1v) is 8.75. The van der Waals surface area contributed by atoms with E-state index in [1.165, 1.54) is 0 Å². The minimum Gasteiger partial charge on any atom is -0.493 e. The van der Waals surface area contributed by atoms with Gasteiger partial charge in [-0.05, 0) is 24.1 Å². The number of carbonyl (C=O) groups excluding carboxylic acids is 1. The molecule has 1 N–H and O–H groups in total. The lowest BCUT2D eigenvalue weighted by molar-refractivity contribution is -0.126. The molecule has 1 amide bonds. The number of hydrogen-bond donors (Lipinski definition) is 1. The summed E-state index contributed by atoms with van der Waals surface area (Å²) in [5, 5.41) is 3.01. The number of para-hydroxylation sites is 1. The highest BCUT2D eigenvalue weighted by Crippen LogP contribution is 2.36. The predicted octanol–water partition coefficient (Wildman–Crippen LogP) is 2.14. The van der Waals surface area contributed by atoms with E-state index in [1.54, 1.807) is 25.8 Å². The summed E-state index contributed by atoms with van der Waals surface area (Å²) >= 11 is 0. The van der Waals surface area contributed by atoms with Gasteiger partial charge in [0.1, 0.15) is 18.8 Å². The van der Waals surface area contributed by atoms with Gasteiger partial charge in [-0.2, -0.15) is 0 Å². The Bertz CT molecular complexity index is 940. The number of hydrogen-bond acceptors (Lipinski definition) is 5. The summed E-state index contributed by atoms with van der Waals surface area (Å²) in [6.07, 6.45) is 7.56. The van der Waals surface area contributed by atoms with E-state index in [4.69, 9.17) is 9.47 Å². The molecule has 0 saturated heterocycles. The number of nitrogens with zero attached hydrogens (tertiary/aromatic N) is 3. The van der Waals surface area contributed by atoms with E-state index in [0.29, 0.717) is 25.3 Å². The number of nitrogens with one attached hydrogen (secondary N) is 1. The van der Waals surface area contributed by atoms with Crippen LogP contribution in [0.2, 0.25) is 0 Å². The van der Waals surface area contributed by atoms with Crippen molar-refractivity contribution in [1.82, 2.24) is 19.9 Å². The molecular formula is C20H20N4O3. The lowest BCUT2D eigenvalue weighted by atomic mass is 9.95. The molecule has 1 aliphatic heterocycles. The Morgan fingerprint density at radius 2 is 2.26 bits per heavy atom. The van der Waals surface area contributed by atoms with E-state index >= 15 is 0 Å². The molecule has 2 aromatic heterocycles. The minimum absolute atomic E-state index is 0.0381. The van der Waals surface area contributed by atoms with Crippen molar-refractivity contribution in [3.05, 3.63) is 66.4 Å². The Balaban J connectivity index is 1.44. The molecule has 3 aromatic rings. The smallest absolute Gasteiger partial charge is 0.227 e. The Labute approximate surface area is 157 Å². The zero-order valence-electron chi connectivity index (χ0n) is 15.0. The predicted molar refractivity (Wildman–Crippen MR) is 98.9 cm³/mol. The van der Waals surface area contributed by atoms with Crippen molar-refractivity contribution in [2.24, 2.45) is 5.92 Å². The van der Waals surface area contributed by atoms with Gasteiger partial charge < -0.3 is 14.8 Å². The number of aromatic nitrogens is 3. The molecule has 0 bridgehead atoms. The number of fused-ring (bicyclic) bond motifs is 1. The first kappa shape index (κ1) is 17.1. The van der Waals surface area contributed by atoms with Crippen molar-refractivity contribution < 1.29 is 14.3 Å². The minimum atomic E-state index is -0.238. The van der Waals surface area contributed by atoms with Crippen molar-refractivity contribution in [2.75, 3.05) is 13.7 Å². The Kier molecular flexibility index (Phi) is 4.74. The van der Waals surface area contributed by atoms with Crippen LogP contribution in [0.3, 0.4) is 0 Å². The number of benzene rings is 1. The highest BCUT2D eigenvalue weighted by molar-refractivity contribution is 5.79. The molecule has 7 heteroatoms. The summed E-state index contributed by atoms with van der Waals surface area (Å²) in [6.45, 7) is 0.724. The number of methoxy groups -OCH3 is 1. The molecule has 138 valence electrons. The van der Waals surface area contributed by atoms with Crippen molar-refractivity contribution >= 4 is 5.91 Å². The average molecular weight is 364 g/mol. The Morgan fingerprint density at radius 1 is 1.33 bits per heavy atom. The monoisotopic (exact) mass is 364 g/mol. The number of rotatable bonds is 5. The van der Waals surface area contributed by atoms with Crippen molar-refractivity contribution in [3.63, 3.8) is 0 Å². The number of pyridine rings is 1. The molecule has 4 rings (SSSR count). The molecule has 0 radical (unpaired) electrons. The van der Waals surface area contributed by atoms with Gasteiger partial charge in [-0.1, -0.05) is 18.2 Å². The first-order valence-electron chi connectivity index (χ1n) is 8.75. The van der Waals surface area contributed by atoms with Crippen LogP contribution in [0.1, 0.15) is 11.1 Å². The van der Waals surface area contributed by atoms with Gasteiger partial charge in [-0.3, -0.25) is 9.36 Å². The van der Waals surface area contributed by atoms with Gasteiger partial charge in [0.2, 0.25) is 5.91 Å². The van der Waals surface area contributed by atoms with Gasteiger partial charge in [-0.15, -0.1) is 0 Å². The number of ether oxygens (including phenoxy) is 2. The zero-order chi connectivity index (χ0) is 18.6. The molecule has 0 unspecified atom stereocenters. The molecule has 1 aromatic carbocycles. The van der Waals surface area contributed by atoms with Gasteiger partial charge in [0.15, 0.2) is 11.5 Å². The normalized spacial score (nSPS) is 15.5. The van der Waals surface area contributed by atoms with Gasteiger partial charge in [0, 0.05) is 30.7 Å². The van der Waals surface area contributed by atoms with Crippen LogP contribution < -0.4 is 14.8 Å². The van der Waals surface area contributed by atoms with Crippen molar-refractivity contribution in [2.45, 2.75) is 13.0 Å². The second-order valence-corrected chi connectivity index (χ2v) is 6.33. The van der Waals surface area contributed by atoms with Crippen molar-refractivity contribution in [3.8, 4) is 17.3 Å². The third-order valence-corrected chi connectivity index (χ3v) is 4.62. The molecule has 1 aliphatic rings. The third kappa shape index (κ3) is 3.48. The fraction of sp³-hybridized carbons (Fsp3) is 0.250. The molecule has 0 spiro atoms. The highest BCUT2D eigenvalue weighted by Gasteiger charge is 2.27. The maximum absolute atomic E-state index is 12.7. The number of carbonyl (C=O) groups is 1. The van der Waals surface area contributed by atoms with E-state index in [1.807, 2.05) is 41.1 Å². The van der Waals surface area contributed by atoms with E-state index in [-0.39, 0.29) is 11.8 Å². The highest BCUT2D eigenvalue weighted by atomic mass is 16.5. The van der Waals surface area contributed by atoms with Crippen LogP contribution in [0.4, 0.5) is 0 Å². The first-order chi connectivity index (χ1) is 13.3. The molecule has 27 heavy (non-hydrogen) atoms.